The maximum atomic E-state index is 11.0. The first-order valence-electron chi connectivity index (χ1n) is 4.85. The van der Waals surface area contributed by atoms with E-state index in [1.165, 1.54) is 7.11 Å². The summed E-state index contributed by atoms with van der Waals surface area (Å²) in [6.45, 7) is 7.70. The predicted octanol–water partition coefficient (Wildman–Crippen LogP) is 0.544. The number of hydrogen-bond donors (Lipinski definition) is 2. The summed E-state index contributed by atoms with van der Waals surface area (Å²) < 4.78 is 4.55. The molecule has 0 aliphatic heterocycles. The lowest BCUT2D eigenvalue weighted by atomic mass is 9.92. The second-order valence-electron chi connectivity index (χ2n) is 4.14. The summed E-state index contributed by atoms with van der Waals surface area (Å²) in [6, 6.07) is -0.384. The summed E-state index contributed by atoms with van der Waals surface area (Å²) in [5.74, 6) is -0.176. The molecule has 0 aliphatic carbocycles. The van der Waals surface area contributed by atoms with E-state index in [1.807, 2.05) is 13.8 Å². The van der Waals surface area contributed by atoms with Gasteiger partial charge >= 0.3 is 5.97 Å². The molecule has 0 rings (SSSR count). The molecule has 0 saturated carbocycles. The van der Waals surface area contributed by atoms with Crippen LogP contribution in [0.5, 0.6) is 0 Å². The highest BCUT2D eigenvalue weighted by Gasteiger charge is 2.26. The number of nitrogens with one attached hydrogen (secondary N) is 1. The SMILES string of the molecule is COC(=O)C(C)NCC(C)(O)C(C)C. The van der Waals surface area contributed by atoms with E-state index in [9.17, 15) is 9.90 Å². The van der Waals surface area contributed by atoms with E-state index in [4.69, 9.17) is 0 Å². The van der Waals surface area contributed by atoms with Crippen LogP contribution in [0.2, 0.25) is 0 Å². The fourth-order valence-corrected chi connectivity index (χ4v) is 0.824. The van der Waals surface area contributed by atoms with Gasteiger partial charge in [-0.1, -0.05) is 13.8 Å². The van der Waals surface area contributed by atoms with E-state index in [1.54, 1.807) is 13.8 Å². The number of aliphatic hydroxyl groups is 1. The molecular formula is C10H21NO3. The van der Waals surface area contributed by atoms with Gasteiger partial charge in [-0.3, -0.25) is 4.79 Å². The van der Waals surface area contributed by atoms with Gasteiger partial charge in [-0.05, 0) is 19.8 Å². The quantitative estimate of drug-likeness (QED) is 0.640. The van der Waals surface area contributed by atoms with Crippen molar-refractivity contribution in [1.82, 2.24) is 5.32 Å². The van der Waals surface area contributed by atoms with Gasteiger partial charge in [0.25, 0.3) is 0 Å². The highest BCUT2D eigenvalue weighted by molar-refractivity contribution is 5.75. The Balaban J connectivity index is 3.99. The summed E-state index contributed by atoms with van der Waals surface area (Å²) in [6.07, 6.45) is 0. The Kier molecular flexibility index (Phi) is 5.08. The number of carbonyl (C=O) groups excluding carboxylic acids is 1. The molecule has 14 heavy (non-hydrogen) atoms. The summed E-state index contributed by atoms with van der Waals surface area (Å²) >= 11 is 0. The van der Waals surface area contributed by atoms with Gasteiger partial charge in [0, 0.05) is 6.54 Å². The first-order valence-corrected chi connectivity index (χ1v) is 4.85. The molecule has 0 aromatic carbocycles. The van der Waals surface area contributed by atoms with Crippen LogP contribution in [0.4, 0.5) is 0 Å². The third-order valence-corrected chi connectivity index (χ3v) is 2.56. The van der Waals surface area contributed by atoms with Crippen molar-refractivity contribution in [2.24, 2.45) is 5.92 Å². The smallest absolute Gasteiger partial charge is 0.322 e. The van der Waals surface area contributed by atoms with Crippen LogP contribution in [0, 0.1) is 5.92 Å². The van der Waals surface area contributed by atoms with Gasteiger partial charge in [-0.15, -0.1) is 0 Å². The van der Waals surface area contributed by atoms with Crippen LogP contribution >= 0.6 is 0 Å². The van der Waals surface area contributed by atoms with Crippen molar-refractivity contribution in [3.63, 3.8) is 0 Å². The Hall–Kier alpha value is -0.610. The average molecular weight is 203 g/mol. The molecule has 0 heterocycles. The first-order chi connectivity index (χ1) is 6.31. The van der Waals surface area contributed by atoms with Gasteiger partial charge < -0.3 is 15.2 Å². The summed E-state index contributed by atoms with van der Waals surface area (Å²) in [7, 11) is 1.35. The largest absolute Gasteiger partial charge is 0.468 e. The second kappa shape index (κ2) is 5.32. The van der Waals surface area contributed by atoms with Crippen molar-refractivity contribution in [3.8, 4) is 0 Å². The molecule has 2 atom stereocenters. The molecule has 0 spiro atoms. The molecule has 2 N–H and O–H groups in total. The molecule has 0 saturated heterocycles. The van der Waals surface area contributed by atoms with E-state index < -0.39 is 5.60 Å². The van der Waals surface area contributed by atoms with Gasteiger partial charge in [0.15, 0.2) is 0 Å². The Labute approximate surface area is 85.6 Å². The minimum Gasteiger partial charge on any atom is -0.468 e. The Morgan fingerprint density at radius 2 is 2.00 bits per heavy atom. The lowest BCUT2D eigenvalue weighted by Crippen LogP contribution is -2.47. The fourth-order valence-electron chi connectivity index (χ4n) is 0.824. The van der Waals surface area contributed by atoms with E-state index >= 15 is 0 Å². The molecule has 0 aromatic rings. The molecule has 4 nitrogen and oxygen atoms in total. The van der Waals surface area contributed by atoms with Crippen molar-refractivity contribution in [1.29, 1.82) is 0 Å². The molecule has 84 valence electrons. The number of esters is 1. The highest BCUT2D eigenvalue weighted by atomic mass is 16.5. The summed E-state index contributed by atoms with van der Waals surface area (Å²) in [5.41, 5.74) is -0.803. The van der Waals surface area contributed by atoms with Gasteiger partial charge in [0.2, 0.25) is 0 Å². The number of ether oxygens (including phenoxy) is 1. The van der Waals surface area contributed by atoms with E-state index in [0.717, 1.165) is 0 Å². The maximum absolute atomic E-state index is 11.0. The fraction of sp³-hybridized carbons (Fsp3) is 0.900. The van der Waals surface area contributed by atoms with Crippen LogP contribution in [-0.4, -0.2) is 36.4 Å². The van der Waals surface area contributed by atoms with Crippen molar-refractivity contribution in [2.45, 2.75) is 39.3 Å². The van der Waals surface area contributed by atoms with Crippen LogP contribution < -0.4 is 5.32 Å². The number of hydrogen-bond acceptors (Lipinski definition) is 4. The minimum absolute atomic E-state index is 0.139. The predicted molar refractivity (Wildman–Crippen MR) is 54.9 cm³/mol. The van der Waals surface area contributed by atoms with E-state index in [0.29, 0.717) is 6.54 Å². The minimum atomic E-state index is -0.803. The number of carbonyl (C=O) groups is 1. The lowest BCUT2D eigenvalue weighted by Gasteiger charge is -2.29. The Morgan fingerprint density at radius 1 is 1.50 bits per heavy atom. The maximum Gasteiger partial charge on any atom is 0.322 e. The third kappa shape index (κ3) is 4.07. The van der Waals surface area contributed by atoms with Crippen LogP contribution in [0.25, 0.3) is 0 Å². The molecular weight excluding hydrogens is 182 g/mol. The average Bonchev–Trinajstić information content (AvgIpc) is 2.12. The third-order valence-electron chi connectivity index (χ3n) is 2.56. The standard InChI is InChI=1S/C10H21NO3/c1-7(2)10(4,13)6-11-8(3)9(12)14-5/h7-8,11,13H,6H2,1-5H3. The summed E-state index contributed by atoms with van der Waals surface area (Å²) in [5, 5.41) is 12.8. The lowest BCUT2D eigenvalue weighted by molar-refractivity contribution is -0.142. The molecule has 2 unspecified atom stereocenters. The zero-order chi connectivity index (χ0) is 11.4. The van der Waals surface area contributed by atoms with Crippen molar-refractivity contribution in [3.05, 3.63) is 0 Å². The van der Waals surface area contributed by atoms with Gasteiger partial charge in [0.1, 0.15) is 6.04 Å². The molecule has 0 aliphatic rings. The molecule has 0 amide bonds. The van der Waals surface area contributed by atoms with E-state index in [2.05, 4.69) is 10.1 Å². The molecule has 0 radical (unpaired) electrons. The van der Waals surface area contributed by atoms with Gasteiger partial charge in [-0.2, -0.15) is 0 Å². The molecule has 4 heteroatoms. The Morgan fingerprint density at radius 3 is 2.36 bits per heavy atom. The van der Waals surface area contributed by atoms with Crippen LogP contribution in [0.15, 0.2) is 0 Å². The van der Waals surface area contributed by atoms with Crippen molar-refractivity contribution < 1.29 is 14.6 Å². The normalized spacial score (nSPS) is 17.6. The second-order valence-corrected chi connectivity index (χ2v) is 4.14. The molecule has 0 aromatic heterocycles. The zero-order valence-corrected chi connectivity index (χ0v) is 9.63. The summed E-state index contributed by atoms with van der Waals surface area (Å²) in [4.78, 5) is 11.0. The van der Waals surface area contributed by atoms with Gasteiger partial charge in [-0.25, -0.2) is 0 Å². The van der Waals surface area contributed by atoms with Crippen LogP contribution in [0.1, 0.15) is 27.7 Å². The number of rotatable bonds is 5. The van der Waals surface area contributed by atoms with Crippen molar-refractivity contribution in [2.75, 3.05) is 13.7 Å². The van der Waals surface area contributed by atoms with Crippen molar-refractivity contribution >= 4 is 5.97 Å². The Bertz CT molecular complexity index is 190. The van der Waals surface area contributed by atoms with Gasteiger partial charge in [0.05, 0.1) is 12.7 Å². The molecule has 0 bridgehead atoms. The highest BCUT2D eigenvalue weighted by Crippen LogP contribution is 2.14. The topological polar surface area (TPSA) is 58.6 Å². The molecule has 0 fully saturated rings. The van der Waals surface area contributed by atoms with Crippen LogP contribution in [-0.2, 0) is 9.53 Å². The number of methoxy groups -OCH3 is 1. The van der Waals surface area contributed by atoms with Crippen LogP contribution in [0.3, 0.4) is 0 Å². The monoisotopic (exact) mass is 203 g/mol. The first kappa shape index (κ1) is 13.4. The van der Waals surface area contributed by atoms with E-state index in [-0.39, 0.29) is 17.9 Å². The zero-order valence-electron chi connectivity index (χ0n) is 9.63.